The van der Waals surface area contributed by atoms with Gasteiger partial charge in [-0.05, 0) is 25.1 Å². The average molecular weight is 800 g/mol. The fourth-order valence-electron chi connectivity index (χ4n) is 2.52. The van der Waals surface area contributed by atoms with E-state index in [0.717, 1.165) is 43.4 Å². The van der Waals surface area contributed by atoms with Gasteiger partial charge in [0.2, 0.25) is 63.6 Å². The molecule has 0 saturated heterocycles. The minimum atomic E-state index is -4.61. The van der Waals surface area contributed by atoms with Crippen LogP contribution in [0.25, 0.3) is 0 Å². The lowest BCUT2D eigenvalue weighted by molar-refractivity contribution is -0.152. The molecule has 4 heterocycles. The van der Waals surface area contributed by atoms with Gasteiger partial charge in [-0.1, -0.05) is 5.16 Å². The number of alkyl halides is 3. The maximum Gasteiger partial charge on any atom is 0.449 e. The minimum Gasteiger partial charge on any atom is -0.481 e. The molecule has 0 spiro atoms. The Morgan fingerprint density at radius 3 is 1.74 bits per heavy atom. The third kappa shape index (κ3) is 20.5. The van der Waals surface area contributed by atoms with Crippen LogP contribution in [0.5, 0.6) is 5.88 Å². The van der Waals surface area contributed by atoms with E-state index in [-0.39, 0.29) is 17.8 Å². The van der Waals surface area contributed by atoms with Crippen LogP contribution >= 0.6 is 0 Å². The van der Waals surface area contributed by atoms with E-state index >= 15 is 0 Å². The van der Waals surface area contributed by atoms with E-state index in [2.05, 4.69) is 43.5 Å². The molecule has 4 aromatic rings. The van der Waals surface area contributed by atoms with E-state index < -0.39 is 63.7 Å². The lowest BCUT2D eigenvalue weighted by Gasteiger charge is -2.02. The van der Waals surface area contributed by atoms with Crippen LogP contribution in [-0.4, -0.2) is 90.9 Å². The normalized spacial score (nSPS) is 11.6. The summed E-state index contributed by atoms with van der Waals surface area (Å²) in [7, 11) is -12.2. The maximum atomic E-state index is 12.3. The molecule has 4 aromatic heterocycles. The molecule has 0 aromatic carbocycles. The van der Waals surface area contributed by atoms with Crippen LogP contribution in [0.2, 0.25) is 0 Å². The van der Waals surface area contributed by atoms with Crippen molar-refractivity contribution in [1.29, 1.82) is 0 Å². The molecule has 0 fully saturated rings. The smallest absolute Gasteiger partial charge is 0.449 e. The number of aromatic nitrogens is 5. The fourth-order valence-corrected chi connectivity index (χ4v) is 4.33. The van der Waals surface area contributed by atoms with E-state index in [1.54, 1.807) is 11.6 Å². The second-order valence-electron chi connectivity index (χ2n) is 9.09. The number of hydrogen-bond donors (Lipinski definition) is 4. The monoisotopic (exact) mass is 799 g/mol. The van der Waals surface area contributed by atoms with Gasteiger partial charge in [-0.25, -0.2) is 52.8 Å². The highest BCUT2D eigenvalue weighted by Gasteiger charge is 2.35. The van der Waals surface area contributed by atoms with Crippen molar-refractivity contribution >= 4 is 63.8 Å². The highest BCUT2D eigenvalue weighted by molar-refractivity contribution is 7.92. The van der Waals surface area contributed by atoms with Crippen molar-refractivity contribution in [2.45, 2.75) is 13.1 Å². The van der Waals surface area contributed by atoms with Crippen molar-refractivity contribution in [3.05, 3.63) is 60.1 Å². The van der Waals surface area contributed by atoms with Gasteiger partial charge in [0.05, 0.1) is 38.3 Å². The van der Waals surface area contributed by atoms with Gasteiger partial charge in [-0.2, -0.15) is 23.1 Å². The second kappa shape index (κ2) is 17.7. The van der Waals surface area contributed by atoms with Crippen molar-refractivity contribution in [2.75, 3.05) is 51.0 Å². The van der Waals surface area contributed by atoms with Crippen LogP contribution in [0, 0.1) is 12.7 Å². The van der Waals surface area contributed by atoms with E-state index in [9.17, 15) is 51.2 Å². The Balaban J connectivity index is 0.000000335. The number of aryl methyl sites for hydroxylation is 1. The van der Waals surface area contributed by atoms with Crippen LogP contribution in [0.4, 0.5) is 41.2 Å². The minimum absolute atomic E-state index is 0.00171. The quantitative estimate of drug-likeness (QED) is 0.176. The molecule has 0 saturated carbocycles. The predicted molar refractivity (Wildman–Crippen MR) is 169 cm³/mol. The number of methoxy groups -OCH3 is 1. The van der Waals surface area contributed by atoms with Crippen molar-refractivity contribution in [3.8, 4) is 5.88 Å². The Morgan fingerprint density at radius 1 is 0.740 bits per heavy atom. The zero-order valence-corrected chi connectivity index (χ0v) is 29.7. The number of furan rings is 1. The Bertz CT molecular complexity index is 2130. The maximum absolute atomic E-state index is 12.3. The average Bonchev–Trinajstić information content (AvgIpc) is 3.56. The van der Waals surface area contributed by atoms with E-state index in [1.165, 1.54) is 25.4 Å². The van der Waals surface area contributed by atoms with Gasteiger partial charge in [0.15, 0.2) is 5.82 Å². The standard InChI is InChI=1S/C6H6F3NO3S.C6H7FN2O2S.C6H9N3O3S.C4H7N3O3S/c1-14(11,12)10-5-3-2-4(13-5)6(7,8)9;1-12(10,11)9-6-3-2-5(7)4-8-6;1-12-5-3-4-7-6(8-5)9-13(2,10)11;1-3-5-4(10-6-3)7-11(2,8)9/h2-3,10H,1H3;2-4H,1H3,(H,8,9);3-4H,1-2H3,(H,7,8,9);1-2H3,(H,5,6,7). The number of halogens is 4. The van der Waals surface area contributed by atoms with Crippen LogP contribution in [-0.2, 0) is 46.3 Å². The van der Waals surface area contributed by atoms with Gasteiger partial charge >= 0.3 is 12.2 Å². The summed E-state index contributed by atoms with van der Waals surface area (Å²) in [5.41, 5.74) is 0. The highest BCUT2D eigenvalue weighted by Crippen LogP contribution is 2.32. The van der Waals surface area contributed by atoms with Crippen LogP contribution in [0.15, 0.2) is 51.7 Å². The number of sulfonamides is 4. The first-order chi connectivity index (χ1) is 22.6. The zero-order valence-electron chi connectivity index (χ0n) is 26.4. The number of ether oxygens (including phenoxy) is 1. The Hall–Kier alpha value is -4.83. The van der Waals surface area contributed by atoms with Crippen LogP contribution in [0.3, 0.4) is 0 Å². The Labute approximate surface area is 283 Å². The molecule has 0 aliphatic rings. The number of anilines is 4. The fraction of sp³-hybridized carbons (Fsp3) is 0.318. The largest absolute Gasteiger partial charge is 0.481 e. The van der Waals surface area contributed by atoms with Gasteiger partial charge in [-0.3, -0.25) is 14.2 Å². The zero-order chi connectivity index (χ0) is 38.6. The Kier molecular flexibility index (Phi) is 15.3. The van der Waals surface area contributed by atoms with Gasteiger partial charge in [0, 0.05) is 18.3 Å². The van der Waals surface area contributed by atoms with Gasteiger partial charge in [0.1, 0.15) is 11.6 Å². The topological polar surface area (TPSA) is 285 Å². The third-order valence-electron chi connectivity index (χ3n) is 4.10. The van der Waals surface area contributed by atoms with E-state index in [0.29, 0.717) is 17.8 Å². The first-order valence-electron chi connectivity index (χ1n) is 12.5. The second-order valence-corrected chi connectivity index (χ2v) is 16.1. The number of nitrogens with zero attached hydrogens (tertiary/aromatic N) is 5. The first kappa shape index (κ1) is 43.2. The predicted octanol–water partition coefficient (Wildman–Crippen LogP) is 1.87. The summed E-state index contributed by atoms with van der Waals surface area (Å²) < 4.78 is 155. The van der Waals surface area contributed by atoms with Crippen molar-refractivity contribution in [1.82, 2.24) is 25.1 Å². The molecule has 0 bridgehead atoms. The molecular formula is C22H29F4N9O11S4. The highest BCUT2D eigenvalue weighted by atomic mass is 32.2. The summed E-state index contributed by atoms with van der Waals surface area (Å²) in [4.78, 5) is 14.6. The molecule has 0 radical (unpaired) electrons. The summed E-state index contributed by atoms with van der Waals surface area (Å²) >= 11 is 0. The van der Waals surface area contributed by atoms with E-state index in [1.807, 2.05) is 4.72 Å². The van der Waals surface area contributed by atoms with Crippen LogP contribution in [0.1, 0.15) is 11.6 Å². The molecule has 50 heavy (non-hydrogen) atoms. The molecule has 0 unspecified atom stereocenters. The van der Waals surface area contributed by atoms with Gasteiger partial charge < -0.3 is 13.7 Å². The van der Waals surface area contributed by atoms with Gasteiger partial charge in [0.25, 0.3) is 0 Å². The SMILES string of the molecule is COc1ccnc(NS(C)(=O)=O)n1.CS(=O)(=O)Nc1ccc(C(F)(F)F)o1.CS(=O)(=O)Nc1ccc(F)cn1.Cc1noc(NS(C)(=O)=O)n1. The number of pyridine rings is 1. The molecule has 280 valence electrons. The number of rotatable bonds is 9. The molecule has 0 atom stereocenters. The van der Waals surface area contributed by atoms with Crippen molar-refractivity contribution in [2.24, 2.45) is 0 Å². The summed E-state index contributed by atoms with van der Waals surface area (Å²) in [6.45, 7) is 1.59. The molecular weight excluding hydrogens is 771 g/mol. The third-order valence-corrected chi connectivity index (χ3v) is 6.36. The lowest BCUT2D eigenvalue weighted by Crippen LogP contribution is -2.12. The number of nitrogens with one attached hydrogen (secondary N) is 4. The molecule has 4 rings (SSSR count). The molecule has 20 nitrogen and oxygen atoms in total. The molecule has 28 heteroatoms. The summed E-state index contributed by atoms with van der Waals surface area (Å²) in [6, 6.07) is 5.33. The molecule has 0 aliphatic carbocycles. The molecule has 4 N–H and O–H groups in total. The number of hydrogen-bond acceptors (Lipinski definition) is 16. The van der Waals surface area contributed by atoms with Crippen molar-refractivity contribution in [3.63, 3.8) is 0 Å². The van der Waals surface area contributed by atoms with E-state index in [4.69, 9.17) is 4.74 Å². The summed E-state index contributed by atoms with van der Waals surface area (Å²) in [5.74, 6) is -1.41. The summed E-state index contributed by atoms with van der Waals surface area (Å²) in [5, 5.41) is 3.39. The van der Waals surface area contributed by atoms with Gasteiger partial charge in [-0.15, -0.1) is 0 Å². The first-order valence-corrected chi connectivity index (χ1v) is 20.1. The Morgan fingerprint density at radius 2 is 1.32 bits per heavy atom. The molecule has 0 amide bonds. The summed E-state index contributed by atoms with van der Waals surface area (Å²) in [6.07, 6.45) is 1.56. The molecule has 0 aliphatic heterocycles. The lowest BCUT2D eigenvalue weighted by atomic mass is 10.4. The van der Waals surface area contributed by atoms with Crippen LogP contribution < -0.4 is 23.6 Å². The van der Waals surface area contributed by atoms with Crippen molar-refractivity contribution < 1.29 is 64.9 Å².